The van der Waals surface area contributed by atoms with Gasteiger partial charge in [0.15, 0.2) is 0 Å². The number of nitrogens with zero attached hydrogens (tertiary/aromatic N) is 2. The Kier molecular flexibility index (Phi) is 5.41. The first-order chi connectivity index (χ1) is 10.1. The lowest BCUT2D eigenvalue weighted by Crippen LogP contribution is -2.55. The quantitative estimate of drug-likeness (QED) is 0.824. The number of methoxy groups -OCH3 is 1. The van der Waals surface area contributed by atoms with Crippen LogP contribution in [-0.2, 0) is 14.3 Å². The fraction of sp³-hybridized carbons (Fsp3) is 0.857. The number of morpholine rings is 1. The van der Waals surface area contributed by atoms with Crippen LogP contribution in [0, 0.1) is 5.41 Å². The second-order valence-electron chi connectivity index (χ2n) is 5.74. The van der Waals surface area contributed by atoms with Crippen LogP contribution < -0.4 is 0 Å². The van der Waals surface area contributed by atoms with Gasteiger partial charge in [0.2, 0.25) is 0 Å². The van der Waals surface area contributed by atoms with E-state index in [2.05, 4.69) is 0 Å². The first-order valence-electron chi connectivity index (χ1n) is 7.43. The van der Waals surface area contributed by atoms with E-state index >= 15 is 0 Å². The predicted octanol–water partition coefficient (Wildman–Crippen LogP) is 0.642. The average molecular weight is 300 g/mol. The second-order valence-corrected chi connectivity index (χ2v) is 5.74. The number of ether oxygens (including phenoxy) is 2. The number of likely N-dealkylation sites (tertiary alicyclic amines) is 1. The molecule has 0 spiro atoms. The molecule has 0 aromatic heterocycles. The molecule has 7 heteroatoms. The summed E-state index contributed by atoms with van der Waals surface area (Å²) in [5.74, 6) is -0.834. The van der Waals surface area contributed by atoms with Crippen molar-refractivity contribution in [3.8, 4) is 0 Å². The molecule has 2 aliphatic heterocycles. The van der Waals surface area contributed by atoms with E-state index in [0.717, 1.165) is 0 Å². The molecule has 2 heterocycles. The van der Waals surface area contributed by atoms with Crippen LogP contribution in [0.1, 0.15) is 19.3 Å². The molecule has 0 aromatic carbocycles. The lowest BCUT2D eigenvalue weighted by Gasteiger charge is -2.42. The summed E-state index contributed by atoms with van der Waals surface area (Å²) >= 11 is 0. The Morgan fingerprint density at radius 2 is 1.95 bits per heavy atom. The summed E-state index contributed by atoms with van der Waals surface area (Å²) in [5.41, 5.74) is -0.879. The van der Waals surface area contributed by atoms with E-state index in [1.807, 2.05) is 0 Å². The minimum absolute atomic E-state index is 0.0685. The topological polar surface area (TPSA) is 79.3 Å². The number of hydrogen-bond acceptors (Lipinski definition) is 4. The molecule has 21 heavy (non-hydrogen) atoms. The summed E-state index contributed by atoms with van der Waals surface area (Å²) < 4.78 is 10.3. The molecule has 0 aliphatic carbocycles. The van der Waals surface area contributed by atoms with Crippen LogP contribution in [0.25, 0.3) is 0 Å². The van der Waals surface area contributed by atoms with Crippen molar-refractivity contribution in [2.45, 2.75) is 19.3 Å². The van der Waals surface area contributed by atoms with Crippen molar-refractivity contribution in [2.75, 3.05) is 53.1 Å². The van der Waals surface area contributed by atoms with Crippen molar-refractivity contribution >= 4 is 12.0 Å². The number of carbonyl (C=O) groups is 2. The minimum Gasteiger partial charge on any atom is -0.481 e. The molecule has 0 bridgehead atoms. The molecule has 1 N–H and O–H groups in total. The van der Waals surface area contributed by atoms with E-state index in [9.17, 15) is 14.7 Å². The molecule has 2 aliphatic rings. The van der Waals surface area contributed by atoms with Gasteiger partial charge in [0.05, 0.1) is 18.6 Å². The van der Waals surface area contributed by atoms with Crippen LogP contribution in [0.3, 0.4) is 0 Å². The maximum absolute atomic E-state index is 12.5. The van der Waals surface area contributed by atoms with Gasteiger partial charge in [-0.3, -0.25) is 4.79 Å². The van der Waals surface area contributed by atoms with Gasteiger partial charge in [0.25, 0.3) is 0 Å². The van der Waals surface area contributed by atoms with E-state index in [-0.39, 0.29) is 12.6 Å². The molecule has 7 nitrogen and oxygen atoms in total. The molecular formula is C14H24N2O5. The van der Waals surface area contributed by atoms with Crippen LogP contribution in [0.15, 0.2) is 0 Å². The molecule has 2 saturated heterocycles. The molecule has 0 unspecified atom stereocenters. The largest absolute Gasteiger partial charge is 0.481 e. The van der Waals surface area contributed by atoms with E-state index in [1.165, 1.54) is 0 Å². The van der Waals surface area contributed by atoms with Crippen LogP contribution in [0.5, 0.6) is 0 Å². The van der Waals surface area contributed by atoms with Gasteiger partial charge in [0, 0.05) is 39.9 Å². The Balaban J connectivity index is 2.03. The fourth-order valence-electron chi connectivity index (χ4n) is 3.03. The van der Waals surface area contributed by atoms with Gasteiger partial charge in [-0.05, 0) is 19.3 Å². The molecule has 0 radical (unpaired) electrons. The van der Waals surface area contributed by atoms with Crippen LogP contribution in [-0.4, -0.2) is 80.0 Å². The van der Waals surface area contributed by atoms with Gasteiger partial charge >= 0.3 is 12.0 Å². The third-order valence-electron chi connectivity index (χ3n) is 4.37. The van der Waals surface area contributed by atoms with Crippen molar-refractivity contribution < 1.29 is 24.2 Å². The van der Waals surface area contributed by atoms with Crippen molar-refractivity contribution in [2.24, 2.45) is 5.41 Å². The lowest BCUT2D eigenvalue weighted by molar-refractivity contribution is -0.153. The maximum Gasteiger partial charge on any atom is 0.320 e. The summed E-state index contributed by atoms with van der Waals surface area (Å²) in [6, 6.07) is -0.0685. The third kappa shape index (κ3) is 3.65. The molecule has 120 valence electrons. The highest BCUT2D eigenvalue weighted by atomic mass is 16.5. The highest BCUT2D eigenvalue weighted by Crippen LogP contribution is 2.34. The number of urea groups is 1. The fourth-order valence-corrected chi connectivity index (χ4v) is 3.03. The Labute approximate surface area is 124 Å². The summed E-state index contributed by atoms with van der Waals surface area (Å²) in [6.45, 7) is 3.54. The number of aliphatic carboxylic acids is 1. The van der Waals surface area contributed by atoms with E-state index in [0.29, 0.717) is 58.7 Å². The highest BCUT2D eigenvalue weighted by molar-refractivity contribution is 5.79. The summed E-state index contributed by atoms with van der Waals surface area (Å²) in [5, 5.41) is 9.60. The molecule has 2 rings (SSSR count). The zero-order valence-corrected chi connectivity index (χ0v) is 12.5. The SMILES string of the molecule is COCC[C@@]1(C(=O)O)CCCN(C(=O)N2CCOCC2)C1. The molecular weight excluding hydrogens is 276 g/mol. The van der Waals surface area contributed by atoms with E-state index < -0.39 is 11.4 Å². The summed E-state index contributed by atoms with van der Waals surface area (Å²) in [7, 11) is 1.56. The number of rotatable bonds is 4. The first-order valence-corrected chi connectivity index (χ1v) is 7.43. The maximum atomic E-state index is 12.5. The zero-order valence-electron chi connectivity index (χ0n) is 12.5. The molecule has 2 amide bonds. The number of piperidine rings is 1. The summed E-state index contributed by atoms with van der Waals surface area (Å²) in [6.07, 6.45) is 1.75. The normalized spacial score (nSPS) is 26.7. The first kappa shape index (κ1) is 16.0. The highest BCUT2D eigenvalue weighted by Gasteiger charge is 2.44. The molecule has 2 fully saturated rings. The number of hydrogen-bond donors (Lipinski definition) is 1. The van der Waals surface area contributed by atoms with E-state index in [1.54, 1.807) is 16.9 Å². The molecule has 0 aromatic rings. The van der Waals surface area contributed by atoms with Crippen molar-refractivity contribution in [1.82, 2.24) is 9.80 Å². The van der Waals surface area contributed by atoms with Gasteiger partial charge in [-0.25, -0.2) is 4.79 Å². The Morgan fingerprint density at radius 3 is 2.57 bits per heavy atom. The van der Waals surface area contributed by atoms with Crippen LogP contribution in [0.2, 0.25) is 0 Å². The Morgan fingerprint density at radius 1 is 1.24 bits per heavy atom. The summed E-state index contributed by atoms with van der Waals surface area (Å²) in [4.78, 5) is 27.6. The predicted molar refractivity (Wildman–Crippen MR) is 75.2 cm³/mol. The number of amides is 2. The smallest absolute Gasteiger partial charge is 0.320 e. The monoisotopic (exact) mass is 300 g/mol. The van der Waals surface area contributed by atoms with E-state index in [4.69, 9.17) is 9.47 Å². The van der Waals surface area contributed by atoms with Gasteiger partial charge in [-0.1, -0.05) is 0 Å². The zero-order chi connectivity index (χ0) is 15.3. The van der Waals surface area contributed by atoms with Crippen molar-refractivity contribution in [1.29, 1.82) is 0 Å². The van der Waals surface area contributed by atoms with Gasteiger partial charge in [-0.15, -0.1) is 0 Å². The average Bonchev–Trinajstić information content (AvgIpc) is 2.53. The van der Waals surface area contributed by atoms with Gasteiger partial charge < -0.3 is 24.4 Å². The second kappa shape index (κ2) is 7.09. The number of carbonyl (C=O) groups excluding carboxylic acids is 1. The Hall–Kier alpha value is -1.34. The van der Waals surface area contributed by atoms with Crippen molar-refractivity contribution in [3.05, 3.63) is 0 Å². The standard InChI is InChI=1S/C14H24N2O5/c1-20-8-4-14(12(17)18)3-2-5-16(11-14)13(19)15-6-9-21-10-7-15/h2-11H2,1H3,(H,17,18)/t14-/m0/s1. The van der Waals surface area contributed by atoms with Gasteiger partial charge in [0.1, 0.15) is 0 Å². The number of carboxylic acid groups (broad SMARTS) is 1. The minimum atomic E-state index is -0.879. The molecule has 0 saturated carbocycles. The number of carboxylic acids is 1. The Bertz CT molecular complexity index is 384. The molecule has 1 atom stereocenters. The van der Waals surface area contributed by atoms with Crippen LogP contribution >= 0.6 is 0 Å². The third-order valence-corrected chi connectivity index (χ3v) is 4.37. The van der Waals surface area contributed by atoms with Crippen molar-refractivity contribution in [3.63, 3.8) is 0 Å². The lowest BCUT2D eigenvalue weighted by atomic mass is 9.77. The van der Waals surface area contributed by atoms with Gasteiger partial charge in [-0.2, -0.15) is 0 Å². The van der Waals surface area contributed by atoms with Crippen LogP contribution in [0.4, 0.5) is 4.79 Å².